The van der Waals surface area contributed by atoms with Gasteiger partial charge in [-0.3, -0.25) is 4.98 Å². The molecular weight excluding hydrogens is 222 g/mol. The molecule has 0 saturated heterocycles. The lowest BCUT2D eigenvalue weighted by Gasteiger charge is -2.38. The zero-order valence-corrected chi connectivity index (χ0v) is 10.7. The first-order valence-corrected chi connectivity index (χ1v) is 6.54. The maximum atomic E-state index is 6.22. The van der Waals surface area contributed by atoms with E-state index >= 15 is 0 Å². The fraction of sp³-hybridized carbons (Fsp3) is 0.400. The van der Waals surface area contributed by atoms with E-state index in [4.69, 9.17) is 5.73 Å². The summed E-state index contributed by atoms with van der Waals surface area (Å²) < 4.78 is 0. The molecule has 3 heteroatoms. The SMILES string of the molecule is CC1(CNc2ccc3cnccc3c2N)CCC1. The zero-order valence-electron chi connectivity index (χ0n) is 10.7. The molecule has 0 unspecified atom stereocenters. The van der Waals surface area contributed by atoms with Gasteiger partial charge in [-0.05, 0) is 30.4 Å². The highest BCUT2D eigenvalue weighted by Crippen LogP contribution is 2.40. The summed E-state index contributed by atoms with van der Waals surface area (Å²) in [7, 11) is 0. The molecule has 0 spiro atoms. The molecule has 1 aromatic carbocycles. The van der Waals surface area contributed by atoms with Crippen molar-refractivity contribution in [2.75, 3.05) is 17.6 Å². The van der Waals surface area contributed by atoms with E-state index in [2.05, 4.69) is 29.4 Å². The zero-order chi connectivity index (χ0) is 12.6. The van der Waals surface area contributed by atoms with Crippen LogP contribution in [0, 0.1) is 5.41 Å². The van der Waals surface area contributed by atoms with Gasteiger partial charge < -0.3 is 11.1 Å². The number of nitrogens with zero attached hydrogens (tertiary/aromatic N) is 1. The molecule has 1 saturated carbocycles. The van der Waals surface area contributed by atoms with Gasteiger partial charge in [0.25, 0.3) is 0 Å². The normalized spacial score (nSPS) is 17.4. The van der Waals surface area contributed by atoms with Gasteiger partial charge in [-0.15, -0.1) is 0 Å². The number of rotatable bonds is 3. The highest BCUT2D eigenvalue weighted by molar-refractivity contribution is 5.98. The van der Waals surface area contributed by atoms with E-state index in [1.54, 1.807) is 6.20 Å². The first kappa shape index (κ1) is 11.3. The molecule has 1 fully saturated rings. The van der Waals surface area contributed by atoms with Crippen molar-refractivity contribution in [1.29, 1.82) is 0 Å². The average molecular weight is 241 g/mol. The van der Waals surface area contributed by atoms with Crippen molar-refractivity contribution in [3.63, 3.8) is 0 Å². The Hall–Kier alpha value is -1.77. The molecular formula is C15H19N3. The Labute approximate surface area is 107 Å². The third-order valence-electron chi connectivity index (χ3n) is 4.13. The Bertz CT molecular complexity index is 573. The van der Waals surface area contributed by atoms with Crippen molar-refractivity contribution in [3.05, 3.63) is 30.6 Å². The molecule has 1 aromatic heterocycles. The van der Waals surface area contributed by atoms with Crippen molar-refractivity contribution >= 4 is 22.1 Å². The van der Waals surface area contributed by atoms with Gasteiger partial charge in [0, 0.05) is 29.7 Å². The van der Waals surface area contributed by atoms with Crippen LogP contribution >= 0.6 is 0 Å². The maximum Gasteiger partial charge on any atom is 0.0630 e. The molecule has 0 bridgehead atoms. The molecule has 94 valence electrons. The number of anilines is 2. The second-order valence-corrected chi connectivity index (χ2v) is 5.64. The molecule has 1 aliphatic rings. The Kier molecular flexibility index (Phi) is 2.62. The highest BCUT2D eigenvalue weighted by atomic mass is 14.9. The van der Waals surface area contributed by atoms with Crippen LogP contribution in [0.3, 0.4) is 0 Å². The summed E-state index contributed by atoms with van der Waals surface area (Å²) in [4.78, 5) is 4.12. The third kappa shape index (κ3) is 1.90. The van der Waals surface area contributed by atoms with E-state index < -0.39 is 0 Å². The highest BCUT2D eigenvalue weighted by Gasteiger charge is 2.31. The Morgan fingerprint density at radius 2 is 2.17 bits per heavy atom. The lowest BCUT2D eigenvalue weighted by atomic mass is 9.70. The lowest BCUT2D eigenvalue weighted by molar-refractivity contribution is 0.180. The minimum absolute atomic E-state index is 0.458. The number of pyridine rings is 1. The molecule has 3 nitrogen and oxygen atoms in total. The number of hydrogen-bond donors (Lipinski definition) is 2. The molecule has 3 rings (SSSR count). The van der Waals surface area contributed by atoms with Crippen LogP contribution in [0.1, 0.15) is 26.2 Å². The first-order valence-electron chi connectivity index (χ1n) is 6.54. The smallest absolute Gasteiger partial charge is 0.0630 e. The summed E-state index contributed by atoms with van der Waals surface area (Å²) in [6.07, 6.45) is 7.63. The summed E-state index contributed by atoms with van der Waals surface area (Å²) in [5.74, 6) is 0. The van der Waals surface area contributed by atoms with Crippen LogP contribution in [0.2, 0.25) is 0 Å². The summed E-state index contributed by atoms with van der Waals surface area (Å²) in [6.45, 7) is 3.35. The van der Waals surface area contributed by atoms with Gasteiger partial charge in [0.05, 0.1) is 11.4 Å². The number of nitrogens with two attached hydrogens (primary N) is 1. The Morgan fingerprint density at radius 1 is 1.33 bits per heavy atom. The van der Waals surface area contributed by atoms with Crippen molar-refractivity contribution in [2.45, 2.75) is 26.2 Å². The summed E-state index contributed by atoms with van der Waals surface area (Å²) in [5.41, 5.74) is 8.55. The number of hydrogen-bond acceptors (Lipinski definition) is 3. The fourth-order valence-electron chi connectivity index (χ4n) is 2.61. The molecule has 0 amide bonds. The Balaban J connectivity index is 1.86. The molecule has 0 radical (unpaired) electrons. The second kappa shape index (κ2) is 4.16. The quantitative estimate of drug-likeness (QED) is 0.809. The van der Waals surface area contributed by atoms with Gasteiger partial charge in [-0.1, -0.05) is 19.4 Å². The van der Waals surface area contributed by atoms with Gasteiger partial charge in [0.1, 0.15) is 0 Å². The van der Waals surface area contributed by atoms with E-state index in [0.29, 0.717) is 5.41 Å². The predicted molar refractivity (Wildman–Crippen MR) is 76.6 cm³/mol. The molecule has 0 atom stereocenters. The van der Waals surface area contributed by atoms with Crippen LogP contribution in [0.4, 0.5) is 11.4 Å². The standard InChI is InChI=1S/C15H19N3/c1-15(6-2-7-15)10-18-13-4-3-11-9-17-8-5-12(11)14(13)16/h3-5,8-9,18H,2,6-7,10,16H2,1H3. The van der Waals surface area contributed by atoms with Crippen molar-refractivity contribution < 1.29 is 0 Å². The van der Waals surface area contributed by atoms with E-state index in [1.165, 1.54) is 19.3 Å². The van der Waals surface area contributed by atoms with E-state index in [9.17, 15) is 0 Å². The van der Waals surface area contributed by atoms with E-state index in [1.807, 2.05) is 12.3 Å². The number of benzene rings is 1. The topological polar surface area (TPSA) is 50.9 Å². The molecule has 1 aliphatic carbocycles. The van der Waals surface area contributed by atoms with Gasteiger partial charge in [0.2, 0.25) is 0 Å². The van der Waals surface area contributed by atoms with Gasteiger partial charge in [-0.25, -0.2) is 0 Å². The predicted octanol–water partition coefficient (Wildman–Crippen LogP) is 3.42. The van der Waals surface area contributed by atoms with Gasteiger partial charge in [-0.2, -0.15) is 0 Å². The van der Waals surface area contributed by atoms with E-state index in [-0.39, 0.29) is 0 Å². The van der Waals surface area contributed by atoms with Crippen LogP contribution in [0.5, 0.6) is 0 Å². The molecule has 2 aromatic rings. The summed E-state index contributed by atoms with van der Waals surface area (Å²) in [5, 5.41) is 5.67. The molecule has 3 N–H and O–H groups in total. The van der Waals surface area contributed by atoms with Crippen molar-refractivity contribution in [1.82, 2.24) is 4.98 Å². The summed E-state index contributed by atoms with van der Waals surface area (Å²) >= 11 is 0. The van der Waals surface area contributed by atoms with Crippen LogP contribution in [-0.2, 0) is 0 Å². The average Bonchev–Trinajstić information content (AvgIpc) is 2.36. The number of nitrogen functional groups attached to an aromatic ring is 1. The van der Waals surface area contributed by atoms with Crippen LogP contribution in [-0.4, -0.2) is 11.5 Å². The van der Waals surface area contributed by atoms with Crippen LogP contribution < -0.4 is 11.1 Å². The van der Waals surface area contributed by atoms with Crippen LogP contribution in [0.15, 0.2) is 30.6 Å². The van der Waals surface area contributed by atoms with Gasteiger partial charge in [0.15, 0.2) is 0 Å². The minimum Gasteiger partial charge on any atom is -0.397 e. The summed E-state index contributed by atoms with van der Waals surface area (Å²) in [6, 6.07) is 6.10. The third-order valence-corrected chi connectivity index (χ3v) is 4.13. The maximum absolute atomic E-state index is 6.22. The molecule has 18 heavy (non-hydrogen) atoms. The van der Waals surface area contributed by atoms with Gasteiger partial charge >= 0.3 is 0 Å². The Morgan fingerprint density at radius 3 is 2.89 bits per heavy atom. The number of aromatic nitrogens is 1. The lowest BCUT2D eigenvalue weighted by Crippen LogP contribution is -2.33. The van der Waals surface area contributed by atoms with Crippen molar-refractivity contribution in [3.8, 4) is 0 Å². The van der Waals surface area contributed by atoms with E-state index in [0.717, 1.165) is 28.7 Å². The number of fused-ring (bicyclic) bond motifs is 1. The minimum atomic E-state index is 0.458. The second-order valence-electron chi connectivity index (χ2n) is 5.64. The molecule has 1 heterocycles. The first-order chi connectivity index (χ1) is 8.68. The number of nitrogens with one attached hydrogen (secondary N) is 1. The van der Waals surface area contributed by atoms with Crippen molar-refractivity contribution in [2.24, 2.45) is 5.41 Å². The fourth-order valence-corrected chi connectivity index (χ4v) is 2.61. The van der Waals surface area contributed by atoms with Crippen LogP contribution in [0.25, 0.3) is 10.8 Å². The monoisotopic (exact) mass is 241 g/mol. The largest absolute Gasteiger partial charge is 0.397 e. The molecule has 0 aliphatic heterocycles.